The van der Waals surface area contributed by atoms with Crippen molar-refractivity contribution < 1.29 is 0 Å². The zero-order valence-electron chi connectivity index (χ0n) is 9.86. The van der Waals surface area contributed by atoms with Gasteiger partial charge in [-0.15, -0.1) is 0 Å². The maximum absolute atomic E-state index is 5.94. The number of anilines is 1. The number of nitrogens with zero attached hydrogens (tertiary/aromatic N) is 4. The molecular weight excluding hydrogens is 329 g/mol. The summed E-state index contributed by atoms with van der Waals surface area (Å²) in [6.07, 6.45) is 0. The average Bonchev–Trinajstić information content (AvgIpc) is 2.36. The summed E-state index contributed by atoms with van der Waals surface area (Å²) in [5, 5.41) is 0. The quantitative estimate of drug-likeness (QED) is 0.758. The lowest BCUT2D eigenvalue weighted by Crippen LogP contribution is -2.57. The van der Waals surface area contributed by atoms with Crippen molar-refractivity contribution >= 4 is 28.4 Å². The minimum atomic E-state index is 0.329. The van der Waals surface area contributed by atoms with Gasteiger partial charge in [0.25, 0.3) is 0 Å². The number of piperazine rings is 3. The molecule has 3 aliphatic heterocycles. The molecule has 0 saturated carbocycles. The molecule has 0 amide bonds. The molecule has 1 aromatic heterocycles. The molecule has 0 aromatic carbocycles. The monoisotopic (exact) mass is 345 g/mol. The van der Waals surface area contributed by atoms with E-state index in [9.17, 15) is 0 Å². The van der Waals surface area contributed by atoms with Gasteiger partial charge in [-0.1, -0.05) is 0 Å². The number of nitrogens with two attached hydrogens (primary N) is 1. The molecule has 2 bridgehead atoms. The van der Waals surface area contributed by atoms with Gasteiger partial charge in [0.15, 0.2) is 0 Å². The van der Waals surface area contributed by atoms with E-state index in [0.29, 0.717) is 11.9 Å². The van der Waals surface area contributed by atoms with E-state index in [1.807, 2.05) is 6.92 Å². The van der Waals surface area contributed by atoms with Crippen molar-refractivity contribution in [3.05, 3.63) is 15.1 Å². The van der Waals surface area contributed by atoms with Gasteiger partial charge in [0, 0.05) is 32.7 Å². The highest BCUT2D eigenvalue weighted by Gasteiger charge is 2.34. The van der Waals surface area contributed by atoms with Crippen molar-refractivity contribution in [3.8, 4) is 0 Å². The lowest BCUT2D eigenvalue weighted by Gasteiger charge is -2.46. The SMILES string of the molecule is Cc1nc(C2CN3CCN2CC3)nc(N)c1I. The number of hydrogen-bond donors (Lipinski definition) is 1. The van der Waals surface area contributed by atoms with Crippen molar-refractivity contribution in [1.82, 2.24) is 19.8 Å². The third-order valence-corrected chi connectivity index (χ3v) is 4.97. The maximum atomic E-state index is 5.94. The standard InChI is InChI=1S/C11H16IN5/c1-7-9(12)10(13)15-11(14-7)8-6-16-2-4-17(8)5-3-16/h8H,2-6H2,1H3,(H2,13,14,15). The van der Waals surface area contributed by atoms with E-state index in [2.05, 4.69) is 42.4 Å². The largest absolute Gasteiger partial charge is 0.383 e. The summed E-state index contributed by atoms with van der Waals surface area (Å²) in [6, 6.07) is 0.329. The normalized spacial score (nSPS) is 31.8. The van der Waals surface area contributed by atoms with Crippen LogP contribution in [-0.2, 0) is 0 Å². The van der Waals surface area contributed by atoms with Gasteiger partial charge in [0.05, 0.1) is 15.3 Å². The van der Waals surface area contributed by atoms with Crippen molar-refractivity contribution in [2.45, 2.75) is 13.0 Å². The topological polar surface area (TPSA) is 58.3 Å². The molecular formula is C11H16IN5. The number of rotatable bonds is 1. The zero-order chi connectivity index (χ0) is 12.0. The summed E-state index contributed by atoms with van der Waals surface area (Å²) in [5.74, 6) is 1.51. The molecule has 1 aromatic rings. The molecule has 1 atom stereocenters. The second-order valence-electron chi connectivity index (χ2n) is 4.72. The van der Waals surface area contributed by atoms with Gasteiger partial charge >= 0.3 is 0 Å². The minimum Gasteiger partial charge on any atom is -0.383 e. The summed E-state index contributed by atoms with van der Waals surface area (Å²) < 4.78 is 0.975. The van der Waals surface area contributed by atoms with Gasteiger partial charge in [-0.2, -0.15) is 0 Å². The Morgan fingerprint density at radius 1 is 1.24 bits per heavy atom. The first-order valence-corrected chi connectivity index (χ1v) is 6.99. The first-order valence-electron chi connectivity index (χ1n) is 5.91. The van der Waals surface area contributed by atoms with E-state index in [1.165, 1.54) is 13.1 Å². The van der Waals surface area contributed by atoms with Crippen LogP contribution in [0, 0.1) is 10.5 Å². The van der Waals surface area contributed by atoms with Gasteiger partial charge in [-0.3, -0.25) is 9.80 Å². The Hall–Kier alpha value is -0.470. The van der Waals surface area contributed by atoms with Crippen molar-refractivity contribution in [1.29, 1.82) is 0 Å². The number of aromatic nitrogens is 2. The molecule has 3 fully saturated rings. The summed E-state index contributed by atoms with van der Waals surface area (Å²) in [6.45, 7) is 7.64. The molecule has 92 valence electrons. The summed E-state index contributed by atoms with van der Waals surface area (Å²) in [5.41, 5.74) is 6.93. The summed E-state index contributed by atoms with van der Waals surface area (Å²) in [7, 11) is 0. The zero-order valence-corrected chi connectivity index (χ0v) is 12.0. The highest BCUT2D eigenvalue weighted by atomic mass is 127. The number of nitrogen functional groups attached to an aromatic ring is 1. The number of aryl methyl sites for hydroxylation is 1. The maximum Gasteiger partial charge on any atom is 0.149 e. The van der Waals surface area contributed by atoms with Crippen molar-refractivity contribution in [2.75, 3.05) is 38.5 Å². The molecule has 1 unspecified atom stereocenters. The van der Waals surface area contributed by atoms with Gasteiger partial charge in [0.1, 0.15) is 11.6 Å². The third-order valence-electron chi connectivity index (χ3n) is 3.64. The molecule has 0 spiro atoms. The van der Waals surface area contributed by atoms with Crippen molar-refractivity contribution in [2.24, 2.45) is 0 Å². The fraction of sp³-hybridized carbons (Fsp3) is 0.636. The molecule has 2 N–H and O–H groups in total. The van der Waals surface area contributed by atoms with E-state index in [4.69, 9.17) is 5.73 Å². The van der Waals surface area contributed by atoms with Crippen LogP contribution in [0.5, 0.6) is 0 Å². The van der Waals surface area contributed by atoms with E-state index in [1.54, 1.807) is 0 Å². The Morgan fingerprint density at radius 3 is 2.47 bits per heavy atom. The van der Waals surface area contributed by atoms with Crippen molar-refractivity contribution in [3.63, 3.8) is 0 Å². The Kier molecular flexibility index (Phi) is 2.95. The highest BCUT2D eigenvalue weighted by Crippen LogP contribution is 2.28. The Labute approximate surface area is 115 Å². The van der Waals surface area contributed by atoms with Gasteiger partial charge < -0.3 is 5.73 Å². The fourth-order valence-electron chi connectivity index (χ4n) is 2.62. The van der Waals surface area contributed by atoms with Crippen LogP contribution < -0.4 is 5.73 Å². The third kappa shape index (κ3) is 2.02. The number of hydrogen-bond acceptors (Lipinski definition) is 5. The van der Waals surface area contributed by atoms with E-state index < -0.39 is 0 Å². The van der Waals surface area contributed by atoms with Crippen LogP contribution in [0.4, 0.5) is 5.82 Å². The van der Waals surface area contributed by atoms with Crippen LogP contribution in [-0.4, -0.2) is 52.5 Å². The van der Waals surface area contributed by atoms with Crippen LogP contribution in [0.25, 0.3) is 0 Å². The minimum absolute atomic E-state index is 0.329. The Balaban J connectivity index is 1.94. The van der Waals surface area contributed by atoms with Crippen LogP contribution in [0.15, 0.2) is 0 Å². The molecule has 4 rings (SSSR count). The Bertz CT molecular complexity index is 418. The second-order valence-corrected chi connectivity index (χ2v) is 5.80. The summed E-state index contributed by atoms with van der Waals surface area (Å²) >= 11 is 2.21. The fourth-order valence-corrected chi connectivity index (χ4v) is 2.86. The van der Waals surface area contributed by atoms with Crippen LogP contribution in [0.1, 0.15) is 17.6 Å². The first-order chi connectivity index (χ1) is 8.15. The number of halogens is 1. The highest BCUT2D eigenvalue weighted by molar-refractivity contribution is 14.1. The lowest BCUT2D eigenvalue weighted by molar-refractivity contribution is 0.00863. The van der Waals surface area contributed by atoms with Gasteiger partial charge in [-0.05, 0) is 29.5 Å². The van der Waals surface area contributed by atoms with E-state index in [0.717, 1.165) is 34.7 Å². The number of fused-ring (bicyclic) bond motifs is 3. The van der Waals surface area contributed by atoms with Crippen LogP contribution >= 0.6 is 22.6 Å². The van der Waals surface area contributed by atoms with Crippen LogP contribution in [0.2, 0.25) is 0 Å². The molecule has 0 radical (unpaired) electrons. The smallest absolute Gasteiger partial charge is 0.149 e. The first kappa shape index (κ1) is 11.6. The van der Waals surface area contributed by atoms with Crippen LogP contribution in [0.3, 0.4) is 0 Å². The molecule has 5 nitrogen and oxygen atoms in total. The van der Waals surface area contributed by atoms with E-state index in [-0.39, 0.29) is 0 Å². The molecule has 4 heterocycles. The van der Waals surface area contributed by atoms with Gasteiger partial charge in [-0.25, -0.2) is 9.97 Å². The molecule has 0 aliphatic carbocycles. The summed E-state index contributed by atoms with van der Waals surface area (Å²) in [4.78, 5) is 14.0. The molecule has 3 aliphatic rings. The average molecular weight is 345 g/mol. The predicted molar refractivity (Wildman–Crippen MR) is 74.7 cm³/mol. The Morgan fingerprint density at radius 2 is 1.94 bits per heavy atom. The molecule has 6 heteroatoms. The lowest BCUT2D eigenvalue weighted by atomic mass is 10.1. The van der Waals surface area contributed by atoms with E-state index >= 15 is 0 Å². The van der Waals surface area contributed by atoms with Gasteiger partial charge in [0.2, 0.25) is 0 Å². The molecule has 3 saturated heterocycles. The second kappa shape index (κ2) is 4.33. The predicted octanol–water partition coefficient (Wildman–Crippen LogP) is 0.644. The molecule has 17 heavy (non-hydrogen) atoms.